The monoisotopic (exact) mass is 454 g/mol. The van der Waals surface area contributed by atoms with Gasteiger partial charge >= 0.3 is 6.18 Å². The van der Waals surface area contributed by atoms with Crippen molar-refractivity contribution >= 4 is 34.3 Å². The van der Waals surface area contributed by atoms with E-state index in [-0.39, 0.29) is 30.6 Å². The van der Waals surface area contributed by atoms with E-state index in [9.17, 15) is 17.6 Å². The van der Waals surface area contributed by atoms with Gasteiger partial charge in [-0.1, -0.05) is 0 Å². The Balaban J connectivity index is 0.00000243. The standard InChI is InChI=1S/C16H15BrF4N4.ClH/c17-11-7-23-15(24-8-11)25-4-3-13(9-25)22-6-10-5-12(18)1-2-14(10)16(19,20)21;/h1-2,5,7-8,13,22H,3-4,6,9H2;1H. The highest BCUT2D eigenvalue weighted by atomic mass is 79.9. The van der Waals surface area contributed by atoms with E-state index in [4.69, 9.17) is 0 Å². The Hall–Kier alpha value is -1.45. The van der Waals surface area contributed by atoms with Crippen molar-refractivity contribution in [3.05, 3.63) is 52.0 Å². The number of hydrogen-bond acceptors (Lipinski definition) is 4. The molecular formula is C16H16BrClF4N4. The van der Waals surface area contributed by atoms with Gasteiger partial charge in [-0.2, -0.15) is 13.2 Å². The summed E-state index contributed by atoms with van der Waals surface area (Å²) >= 11 is 3.27. The first-order chi connectivity index (χ1) is 11.8. The summed E-state index contributed by atoms with van der Waals surface area (Å²) in [6.45, 7) is 1.24. The lowest BCUT2D eigenvalue weighted by Crippen LogP contribution is -2.33. The van der Waals surface area contributed by atoms with Crippen LogP contribution in [0.2, 0.25) is 0 Å². The Kier molecular flexibility index (Phi) is 6.81. The van der Waals surface area contributed by atoms with Gasteiger partial charge in [-0.15, -0.1) is 12.4 Å². The average Bonchev–Trinajstić information content (AvgIpc) is 3.01. The lowest BCUT2D eigenvalue weighted by Gasteiger charge is -2.18. The third-order valence-electron chi connectivity index (χ3n) is 4.03. The Morgan fingerprint density at radius 2 is 1.92 bits per heavy atom. The van der Waals surface area contributed by atoms with Gasteiger partial charge in [-0.25, -0.2) is 14.4 Å². The van der Waals surface area contributed by atoms with Crippen LogP contribution in [0, 0.1) is 5.82 Å². The lowest BCUT2D eigenvalue weighted by molar-refractivity contribution is -0.138. The first-order valence-electron chi connectivity index (χ1n) is 7.64. The molecular weight excluding hydrogens is 440 g/mol. The summed E-state index contributed by atoms with van der Waals surface area (Å²) < 4.78 is 53.2. The van der Waals surface area contributed by atoms with E-state index in [2.05, 4.69) is 31.2 Å². The van der Waals surface area contributed by atoms with Crippen LogP contribution in [0.4, 0.5) is 23.5 Å². The molecule has 26 heavy (non-hydrogen) atoms. The van der Waals surface area contributed by atoms with E-state index < -0.39 is 17.6 Å². The van der Waals surface area contributed by atoms with Crippen molar-refractivity contribution in [1.29, 1.82) is 0 Å². The Labute approximate surface area is 162 Å². The molecule has 0 amide bonds. The quantitative estimate of drug-likeness (QED) is 0.702. The molecule has 0 aliphatic carbocycles. The van der Waals surface area contributed by atoms with Crippen LogP contribution in [-0.4, -0.2) is 29.1 Å². The molecule has 1 aromatic carbocycles. The van der Waals surface area contributed by atoms with Gasteiger partial charge in [0.15, 0.2) is 0 Å². The van der Waals surface area contributed by atoms with E-state index in [1.54, 1.807) is 12.4 Å². The number of aromatic nitrogens is 2. The molecule has 4 nitrogen and oxygen atoms in total. The van der Waals surface area contributed by atoms with Gasteiger partial charge in [-0.3, -0.25) is 0 Å². The zero-order valence-electron chi connectivity index (χ0n) is 13.4. The highest BCUT2D eigenvalue weighted by Crippen LogP contribution is 2.32. The lowest BCUT2D eigenvalue weighted by atomic mass is 10.1. The van der Waals surface area contributed by atoms with Crippen molar-refractivity contribution in [2.75, 3.05) is 18.0 Å². The maximum atomic E-state index is 13.3. The number of halogens is 6. The van der Waals surface area contributed by atoms with Crippen molar-refractivity contribution in [1.82, 2.24) is 15.3 Å². The number of nitrogens with zero attached hydrogens (tertiary/aromatic N) is 3. The zero-order valence-corrected chi connectivity index (χ0v) is 15.8. The van der Waals surface area contributed by atoms with Gasteiger partial charge in [0.1, 0.15) is 5.82 Å². The van der Waals surface area contributed by atoms with Crippen molar-refractivity contribution < 1.29 is 17.6 Å². The SMILES string of the molecule is Cl.Fc1ccc(C(F)(F)F)c(CNC2CCN(c3ncc(Br)cn3)C2)c1. The van der Waals surface area contributed by atoms with E-state index >= 15 is 0 Å². The molecule has 1 aliphatic heterocycles. The number of benzene rings is 1. The second-order valence-electron chi connectivity index (χ2n) is 5.81. The molecule has 10 heteroatoms. The number of anilines is 1. The number of rotatable bonds is 4. The van der Waals surface area contributed by atoms with Gasteiger partial charge in [0.05, 0.1) is 10.0 Å². The number of nitrogens with one attached hydrogen (secondary N) is 1. The summed E-state index contributed by atoms with van der Waals surface area (Å²) in [5.74, 6) is -0.102. The maximum absolute atomic E-state index is 13.3. The molecule has 1 unspecified atom stereocenters. The second kappa shape index (κ2) is 8.49. The molecule has 1 fully saturated rings. The highest BCUT2D eigenvalue weighted by molar-refractivity contribution is 9.10. The summed E-state index contributed by atoms with van der Waals surface area (Å²) in [4.78, 5) is 10.4. The van der Waals surface area contributed by atoms with Crippen molar-refractivity contribution in [2.24, 2.45) is 0 Å². The van der Waals surface area contributed by atoms with Crippen LogP contribution in [0.25, 0.3) is 0 Å². The molecule has 1 atom stereocenters. The number of alkyl halides is 3. The largest absolute Gasteiger partial charge is 0.416 e. The fourth-order valence-corrected chi connectivity index (χ4v) is 3.02. The van der Waals surface area contributed by atoms with Gasteiger partial charge in [0.2, 0.25) is 5.95 Å². The smallest absolute Gasteiger partial charge is 0.339 e. The minimum Gasteiger partial charge on any atom is -0.339 e. The van der Waals surface area contributed by atoms with Crippen LogP contribution in [0.15, 0.2) is 35.1 Å². The fraction of sp³-hybridized carbons (Fsp3) is 0.375. The van der Waals surface area contributed by atoms with Crippen LogP contribution in [-0.2, 0) is 12.7 Å². The minimum atomic E-state index is -4.50. The number of hydrogen-bond donors (Lipinski definition) is 1. The summed E-state index contributed by atoms with van der Waals surface area (Å²) in [7, 11) is 0. The average molecular weight is 456 g/mol. The third kappa shape index (κ3) is 5.05. The van der Waals surface area contributed by atoms with E-state index in [1.807, 2.05) is 4.90 Å². The second-order valence-corrected chi connectivity index (χ2v) is 6.73. The molecule has 0 spiro atoms. The van der Waals surface area contributed by atoms with Crippen LogP contribution in [0.1, 0.15) is 17.5 Å². The third-order valence-corrected chi connectivity index (χ3v) is 4.44. The molecule has 142 valence electrons. The molecule has 1 aliphatic rings. The van der Waals surface area contributed by atoms with Gasteiger partial charge in [0.25, 0.3) is 0 Å². The van der Waals surface area contributed by atoms with Crippen LogP contribution < -0.4 is 10.2 Å². The Morgan fingerprint density at radius 1 is 1.23 bits per heavy atom. The van der Waals surface area contributed by atoms with Gasteiger partial charge in [-0.05, 0) is 46.1 Å². The molecule has 0 bridgehead atoms. The van der Waals surface area contributed by atoms with E-state index in [1.165, 1.54) is 0 Å². The molecule has 2 aromatic rings. The van der Waals surface area contributed by atoms with Crippen molar-refractivity contribution in [2.45, 2.75) is 25.2 Å². The topological polar surface area (TPSA) is 41.0 Å². The maximum Gasteiger partial charge on any atom is 0.416 e. The molecule has 0 saturated carbocycles. The summed E-state index contributed by atoms with van der Waals surface area (Å²) in [5, 5.41) is 3.08. The van der Waals surface area contributed by atoms with Crippen LogP contribution in [0.3, 0.4) is 0 Å². The summed E-state index contributed by atoms with van der Waals surface area (Å²) in [5.41, 5.74) is -0.904. The normalized spacial score (nSPS) is 17.3. The van der Waals surface area contributed by atoms with E-state index in [0.717, 1.165) is 29.1 Å². The zero-order chi connectivity index (χ0) is 18.0. The predicted molar refractivity (Wildman–Crippen MR) is 95.8 cm³/mol. The molecule has 0 radical (unpaired) electrons. The van der Waals surface area contributed by atoms with Crippen molar-refractivity contribution in [3.8, 4) is 0 Å². The molecule has 1 aromatic heterocycles. The summed E-state index contributed by atoms with van der Waals surface area (Å²) in [6.07, 6.45) is -0.468. The Bertz CT molecular complexity index is 742. The van der Waals surface area contributed by atoms with Crippen LogP contribution in [0.5, 0.6) is 0 Å². The first kappa shape index (κ1) is 20.9. The predicted octanol–water partition coefficient (Wildman–Crippen LogP) is 4.19. The van der Waals surface area contributed by atoms with E-state index in [0.29, 0.717) is 19.0 Å². The van der Waals surface area contributed by atoms with Crippen LogP contribution >= 0.6 is 28.3 Å². The first-order valence-corrected chi connectivity index (χ1v) is 8.44. The van der Waals surface area contributed by atoms with Gasteiger partial charge in [0, 0.05) is 38.1 Å². The Morgan fingerprint density at radius 3 is 2.58 bits per heavy atom. The molecule has 2 heterocycles. The minimum absolute atomic E-state index is 0. The highest BCUT2D eigenvalue weighted by Gasteiger charge is 2.33. The summed E-state index contributed by atoms with van der Waals surface area (Å²) in [6, 6.07) is 2.52. The molecule has 1 N–H and O–H groups in total. The van der Waals surface area contributed by atoms with Crippen molar-refractivity contribution in [3.63, 3.8) is 0 Å². The van der Waals surface area contributed by atoms with Gasteiger partial charge < -0.3 is 10.2 Å². The molecule has 3 rings (SSSR count). The fourth-order valence-electron chi connectivity index (χ4n) is 2.82. The molecule has 1 saturated heterocycles.